The second-order valence-electron chi connectivity index (χ2n) is 5.56. The predicted octanol–water partition coefficient (Wildman–Crippen LogP) is 1.87. The highest BCUT2D eigenvalue weighted by atomic mass is 16.5. The molecule has 3 unspecified atom stereocenters. The van der Waals surface area contributed by atoms with E-state index in [0.717, 1.165) is 0 Å². The third-order valence-corrected chi connectivity index (χ3v) is 4.16. The molecule has 1 saturated carbocycles. The molecule has 3 atom stereocenters. The van der Waals surface area contributed by atoms with Crippen LogP contribution in [0, 0.1) is 5.92 Å². The van der Waals surface area contributed by atoms with Gasteiger partial charge in [0.15, 0.2) is 5.78 Å². The molecule has 112 valence electrons. The van der Waals surface area contributed by atoms with E-state index in [-0.39, 0.29) is 23.6 Å². The fourth-order valence-corrected chi connectivity index (χ4v) is 3.04. The van der Waals surface area contributed by atoms with E-state index in [2.05, 4.69) is 0 Å². The van der Waals surface area contributed by atoms with Crippen molar-refractivity contribution < 1.29 is 24.5 Å². The second-order valence-corrected chi connectivity index (χ2v) is 5.56. The number of fused-ring (bicyclic) bond motifs is 1. The Morgan fingerprint density at radius 3 is 2.86 bits per heavy atom. The Hall–Kier alpha value is -2.01. The van der Waals surface area contributed by atoms with Crippen LogP contribution in [0.2, 0.25) is 0 Å². The van der Waals surface area contributed by atoms with Crippen LogP contribution in [0.5, 0.6) is 11.5 Å². The van der Waals surface area contributed by atoms with Crippen molar-refractivity contribution >= 4 is 11.4 Å². The zero-order valence-corrected chi connectivity index (χ0v) is 11.8. The minimum Gasteiger partial charge on any atom is -0.508 e. The van der Waals surface area contributed by atoms with Gasteiger partial charge in [0.05, 0.1) is 31.0 Å². The van der Waals surface area contributed by atoms with Crippen molar-refractivity contribution in [1.29, 1.82) is 0 Å². The fraction of sp³-hybridized carbons (Fsp3) is 0.438. The van der Waals surface area contributed by atoms with E-state index in [0.29, 0.717) is 36.1 Å². The largest absolute Gasteiger partial charge is 0.508 e. The lowest BCUT2D eigenvalue weighted by Crippen LogP contribution is -2.40. The summed E-state index contributed by atoms with van der Waals surface area (Å²) >= 11 is 0. The van der Waals surface area contributed by atoms with E-state index in [4.69, 9.17) is 9.47 Å². The summed E-state index contributed by atoms with van der Waals surface area (Å²) in [4.78, 5) is 12.6. The predicted molar refractivity (Wildman–Crippen MR) is 75.9 cm³/mol. The van der Waals surface area contributed by atoms with E-state index in [1.807, 2.05) is 0 Å². The number of methoxy groups -OCH3 is 1. The van der Waals surface area contributed by atoms with E-state index < -0.39 is 6.10 Å². The molecule has 3 rings (SSSR count). The number of ether oxygens (including phenoxy) is 2. The van der Waals surface area contributed by atoms with E-state index in [1.165, 1.54) is 25.5 Å². The van der Waals surface area contributed by atoms with Gasteiger partial charge in [0.2, 0.25) is 0 Å². The molecule has 5 heteroatoms. The van der Waals surface area contributed by atoms with Crippen molar-refractivity contribution in [3.8, 4) is 11.5 Å². The number of hydrogen-bond acceptors (Lipinski definition) is 5. The third-order valence-electron chi connectivity index (χ3n) is 4.16. The molecule has 2 aliphatic rings. The fourth-order valence-electron chi connectivity index (χ4n) is 3.04. The maximum atomic E-state index is 12.6. The average molecular weight is 290 g/mol. The average Bonchev–Trinajstić information content (AvgIpc) is 2.46. The van der Waals surface area contributed by atoms with Crippen LogP contribution < -0.4 is 4.74 Å². The summed E-state index contributed by atoms with van der Waals surface area (Å²) in [6.45, 7) is 0. The number of benzene rings is 1. The van der Waals surface area contributed by atoms with Crippen LogP contribution in [-0.4, -0.2) is 35.3 Å². The molecule has 1 aliphatic heterocycles. The molecule has 1 aliphatic carbocycles. The summed E-state index contributed by atoms with van der Waals surface area (Å²) in [5, 5.41) is 19.4. The monoisotopic (exact) mass is 290 g/mol. The summed E-state index contributed by atoms with van der Waals surface area (Å²) in [7, 11) is 1.50. The van der Waals surface area contributed by atoms with Gasteiger partial charge in [-0.2, -0.15) is 0 Å². The molecule has 0 bridgehead atoms. The standard InChI is InChI=1S/C16H18O5/c1-20-12-5-9(4-11(18)6-12)14-8-21-15-7-10(17)2-3-13(15)16(14)19/h4-6,8,10,13,15,17-18H,2-3,7H2,1H3. The Labute approximate surface area is 122 Å². The molecule has 1 fully saturated rings. The Morgan fingerprint density at radius 1 is 1.29 bits per heavy atom. The number of Topliss-reactive ketones (excluding diaryl/α,β-unsaturated/α-hetero) is 1. The molecule has 1 aromatic carbocycles. The first-order chi connectivity index (χ1) is 10.1. The van der Waals surface area contributed by atoms with Gasteiger partial charge in [0.25, 0.3) is 0 Å². The highest BCUT2D eigenvalue weighted by molar-refractivity contribution is 6.22. The van der Waals surface area contributed by atoms with Gasteiger partial charge in [-0.3, -0.25) is 4.79 Å². The number of carbonyl (C=O) groups excluding carboxylic acids is 1. The molecule has 0 saturated heterocycles. The number of rotatable bonds is 2. The summed E-state index contributed by atoms with van der Waals surface area (Å²) in [6.07, 6.45) is 2.53. The number of allylic oxidation sites excluding steroid dienone is 1. The molecule has 0 spiro atoms. The maximum Gasteiger partial charge on any atom is 0.173 e. The number of ketones is 1. The van der Waals surface area contributed by atoms with Crippen molar-refractivity contribution in [2.75, 3.05) is 7.11 Å². The molecule has 0 amide bonds. The molecule has 5 nitrogen and oxygen atoms in total. The van der Waals surface area contributed by atoms with Crippen LogP contribution in [0.4, 0.5) is 0 Å². The lowest BCUT2D eigenvalue weighted by molar-refractivity contribution is -0.126. The van der Waals surface area contributed by atoms with Crippen molar-refractivity contribution in [2.45, 2.75) is 31.5 Å². The van der Waals surface area contributed by atoms with Gasteiger partial charge in [-0.1, -0.05) is 0 Å². The van der Waals surface area contributed by atoms with Crippen LogP contribution >= 0.6 is 0 Å². The first kappa shape index (κ1) is 13.9. The van der Waals surface area contributed by atoms with E-state index in [1.54, 1.807) is 6.07 Å². The van der Waals surface area contributed by atoms with Gasteiger partial charge in [0, 0.05) is 12.5 Å². The minimum atomic E-state index is -0.394. The normalized spacial score (nSPS) is 28.4. The number of hydrogen-bond donors (Lipinski definition) is 2. The molecule has 1 heterocycles. The number of phenols is 1. The van der Waals surface area contributed by atoms with E-state index in [9.17, 15) is 15.0 Å². The number of phenolic OH excluding ortho intramolecular Hbond substituents is 1. The number of aromatic hydroxyl groups is 1. The zero-order valence-electron chi connectivity index (χ0n) is 11.8. The van der Waals surface area contributed by atoms with Gasteiger partial charge in [-0.25, -0.2) is 0 Å². The SMILES string of the molecule is COc1cc(O)cc(C2=COC3CC(O)CCC3C2=O)c1. The quantitative estimate of drug-likeness (QED) is 0.869. The Morgan fingerprint density at radius 2 is 2.10 bits per heavy atom. The molecule has 2 N–H and O–H groups in total. The lowest BCUT2D eigenvalue weighted by atomic mass is 9.78. The smallest absolute Gasteiger partial charge is 0.173 e. The van der Waals surface area contributed by atoms with Crippen LogP contribution in [0.25, 0.3) is 5.57 Å². The van der Waals surface area contributed by atoms with Crippen molar-refractivity contribution in [3.05, 3.63) is 30.0 Å². The Kier molecular flexibility index (Phi) is 3.59. The van der Waals surface area contributed by atoms with Crippen LogP contribution in [0.1, 0.15) is 24.8 Å². The van der Waals surface area contributed by atoms with Crippen molar-refractivity contribution in [2.24, 2.45) is 5.92 Å². The molecule has 0 aromatic heterocycles. The first-order valence-corrected chi connectivity index (χ1v) is 7.05. The number of aliphatic hydroxyl groups is 1. The highest BCUT2D eigenvalue weighted by Crippen LogP contribution is 2.37. The molecule has 0 radical (unpaired) electrons. The highest BCUT2D eigenvalue weighted by Gasteiger charge is 2.39. The van der Waals surface area contributed by atoms with Crippen LogP contribution in [0.3, 0.4) is 0 Å². The van der Waals surface area contributed by atoms with Crippen LogP contribution in [-0.2, 0) is 9.53 Å². The summed E-state index contributed by atoms with van der Waals surface area (Å²) in [5.74, 6) is 0.312. The summed E-state index contributed by atoms with van der Waals surface area (Å²) < 4.78 is 10.7. The summed E-state index contributed by atoms with van der Waals surface area (Å²) in [5.41, 5.74) is 1.03. The van der Waals surface area contributed by atoms with Crippen molar-refractivity contribution in [1.82, 2.24) is 0 Å². The molecular formula is C16H18O5. The first-order valence-electron chi connectivity index (χ1n) is 7.05. The summed E-state index contributed by atoms with van der Waals surface area (Å²) in [6, 6.07) is 4.70. The zero-order chi connectivity index (χ0) is 15.0. The number of aliphatic hydroxyl groups excluding tert-OH is 1. The Balaban J connectivity index is 1.92. The van der Waals surface area contributed by atoms with E-state index >= 15 is 0 Å². The second kappa shape index (κ2) is 5.41. The van der Waals surface area contributed by atoms with Crippen molar-refractivity contribution in [3.63, 3.8) is 0 Å². The minimum absolute atomic E-state index is 0.00537. The third kappa shape index (κ3) is 2.61. The topological polar surface area (TPSA) is 76.0 Å². The Bertz CT molecular complexity index is 592. The van der Waals surface area contributed by atoms with Gasteiger partial charge < -0.3 is 19.7 Å². The van der Waals surface area contributed by atoms with Gasteiger partial charge in [0.1, 0.15) is 17.6 Å². The maximum absolute atomic E-state index is 12.6. The number of carbonyl (C=O) groups is 1. The van der Waals surface area contributed by atoms with Crippen LogP contribution in [0.15, 0.2) is 24.5 Å². The van der Waals surface area contributed by atoms with Gasteiger partial charge >= 0.3 is 0 Å². The lowest BCUT2D eigenvalue weighted by Gasteiger charge is -2.36. The van der Waals surface area contributed by atoms with Gasteiger partial charge in [-0.15, -0.1) is 0 Å². The molecular weight excluding hydrogens is 272 g/mol. The van der Waals surface area contributed by atoms with Gasteiger partial charge in [-0.05, 0) is 30.5 Å². The molecule has 1 aromatic rings. The molecule has 21 heavy (non-hydrogen) atoms.